The lowest BCUT2D eigenvalue weighted by Crippen LogP contribution is -2.20. The molecule has 0 saturated carbocycles. The molecular formula is C14H21NO2. The van der Waals surface area contributed by atoms with Crippen molar-refractivity contribution in [1.29, 1.82) is 0 Å². The van der Waals surface area contributed by atoms with Crippen LogP contribution in [-0.4, -0.2) is 20.8 Å². The molecule has 0 radical (unpaired) electrons. The summed E-state index contributed by atoms with van der Waals surface area (Å²) in [5.74, 6) is 1.64. The van der Waals surface area contributed by atoms with Crippen molar-refractivity contribution >= 4 is 0 Å². The van der Waals surface area contributed by atoms with Crippen molar-refractivity contribution in [2.24, 2.45) is 0 Å². The molecule has 17 heavy (non-hydrogen) atoms. The zero-order chi connectivity index (χ0) is 12.8. The Morgan fingerprint density at radius 3 is 2.59 bits per heavy atom. The Labute approximate surface area is 103 Å². The van der Waals surface area contributed by atoms with E-state index in [0.717, 1.165) is 29.2 Å². The lowest BCUT2D eigenvalue weighted by atomic mass is 10.1. The number of nitrogens with one attached hydrogen (secondary N) is 1. The van der Waals surface area contributed by atoms with Crippen molar-refractivity contribution in [3.05, 3.63) is 35.9 Å². The van der Waals surface area contributed by atoms with Gasteiger partial charge in [-0.2, -0.15) is 0 Å². The van der Waals surface area contributed by atoms with Crippen LogP contribution in [0.2, 0.25) is 0 Å². The van der Waals surface area contributed by atoms with Gasteiger partial charge in [0.25, 0.3) is 0 Å². The van der Waals surface area contributed by atoms with E-state index in [4.69, 9.17) is 9.47 Å². The highest BCUT2D eigenvalue weighted by molar-refractivity contribution is 5.42. The van der Waals surface area contributed by atoms with Crippen LogP contribution in [0.3, 0.4) is 0 Å². The van der Waals surface area contributed by atoms with Crippen LogP contribution < -0.4 is 14.8 Å². The molecule has 0 heterocycles. The highest BCUT2D eigenvalue weighted by Gasteiger charge is 2.11. The van der Waals surface area contributed by atoms with Crippen LogP contribution in [0.25, 0.3) is 0 Å². The minimum atomic E-state index is 0.215. The van der Waals surface area contributed by atoms with Gasteiger partial charge in [-0.1, -0.05) is 18.2 Å². The monoisotopic (exact) mass is 235 g/mol. The third kappa shape index (κ3) is 3.79. The second kappa shape index (κ2) is 6.30. The summed E-state index contributed by atoms with van der Waals surface area (Å²) in [7, 11) is 3.32. The van der Waals surface area contributed by atoms with Crippen molar-refractivity contribution in [1.82, 2.24) is 5.32 Å². The topological polar surface area (TPSA) is 30.5 Å². The smallest absolute Gasteiger partial charge is 0.127 e. The first kappa shape index (κ1) is 13.6. The molecular weight excluding hydrogens is 214 g/mol. The van der Waals surface area contributed by atoms with Crippen molar-refractivity contribution in [3.8, 4) is 11.5 Å². The minimum absolute atomic E-state index is 0.215. The van der Waals surface area contributed by atoms with Crippen molar-refractivity contribution < 1.29 is 9.47 Å². The normalized spacial score (nSPS) is 12.0. The van der Waals surface area contributed by atoms with Crippen molar-refractivity contribution in [2.75, 3.05) is 20.8 Å². The molecule has 3 nitrogen and oxygen atoms in total. The predicted octanol–water partition coefficient (Wildman–Crippen LogP) is 2.93. The lowest BCUT2D eigenvalue weighted by molar-refractivity contribution is 0.386. The SMILES string of the molecule is C=C(C)CNC(C)c1ccc(OC)cc1OC. The summed E-state index contributed by atoms with van der Waals surface area (Å²) in [6.07, 6.45) is 0. The number of methoxy groups -OCH3 is 2. The van der Waals surface area contributed by atoms with Crippen molar-refractivity contribution in [2.45, 2.75) is 19.9 Å². The van der Waals surface area contributed by atoms with Gasteiger partial charge in [0.1, 0.15) is 11.5 Å². The Hall–Kier alpha value is -1.48. The van der Waals surface area contributed by atoms with Gasteiger partial charge in [-0.25, -0.2) is 0 Å². The summed E-state index contributed by atoms with van der Waals surface area (Å²) in [4.78, 5) is 0. The minimum Gasteiger partial charge on any atom is -0.497 e. The van der Waals surface area contributed by atoms with E-state index in [2.05, 4.69) is 18.8 Å². The number of hydrogen-bond acceptors (Lipinski definition) is 3. The van der Waals surface area contributed by atoms with Gasteiger partial charge in [0.2, 0.25) is 0 Å². The summed E-state index contributed by atoms with van der Waals surface area (Å²) >= 11 is 0. The largest absolute Gasteiger partial charge is 0.497 e. The fourth-order valence-corrected chi connectivity index (χ4v) is 1.61. The summed E-state index contributed by atoms with van der Waals surface area (Å²) in [6, 6.07) is 6.08. The van der Waals surface area contributed by atoms with Crippen LogP contribution in [0.1, 0.15) is 25.5 Å². The second-order valence-electron chi connectivity index (χ2n) is 4.17. The van der Waals surface area contributed by atoms with Crippen LogP contribution in [0.5, 0.6) is 11.5 Å². The Balaban J connectivity index is 2.84. The van der Waals surface area contributed by atoms with E-state index in [9.17, 15) is 0 Å². The predicted molar refractivity (Wildman–Crippen MR) is 70.8 cm³/mol. The molecule has 1 unspecified atom stereocenters. The second-order valence-corrected chi connectivity index (χ2v) is 4.17. The van der Waals surface area contributed by atoms with Crippen molar-refractivity contribution in [3.63, 3.8) is 0 Å². The number of benzene rings is 1. The van der Waals surface area contributed by atoms with Crippen LogP contribution in [0, 0.1) is 0 Å². The van der Waals surface area contributed by atoms with Gasteiger partial charge in [0.15, 0.2) is 0 Å². The number of ether oxygens (including phenoxy) is 2. The summed E-state index contributed by atoms with van der Waals surface area (Å²) in [6.45, 7) is 8.79. The molecule has 1 aromatic rings. The molecule has 0 amide bonds. The van der Waals surface area contributed by atoms with Crippen LogP contribution >= 0.6 is 0 Å². The zero-order valence-electron chi connectivity index (χ0n) is 11.0. The summed E-state index contributed by atoms with van der Waals surface area (Å²) < 4.78 is 10.5. The van der Waals surface area contributed by atoms with E-state index in [-0.39, 0.29) is 6.04 Å². The molecule has 0 fully saturated rings. The van der Waals surface area contributed by atoms with E-state index in [0.29, 0.717) is 0 Å². The van der Waals surface area contributed by atoms with Crippen LogP contribution in [-0.2, 0) is 0 Å². The molecule has 0 saturated heterocycles. The zero-order valence-corrected chi connectivity index (χ0v) is 11.0. The first-order valence-electron chi connectivity index (χ1n) is 5.68. The maximum absolute atomic E-state index is 5.37. The molecule has 1 atom stereocenters. The highest BCUT2D eigenvalue weighted by Crippen LogP contribution is 2.29. The standard InChI is InChI=1S/C14H21NO2/c1-10(2)9-15-11(3)13-7-6-12(16-4)8-14(13)17-5/h6-8,11,15H,1,9H2,2-5H3. The third-order valence-corrected chi connectivity index (χ3v) is 2.62. The first-order chi connectivity index (χ1) is 8.08. The Bertz CT molecular complexity index is 388. The maximum atomic E-state index is 5.37. The summed E-state index contributed by atoms with van der Waals surface area (Å²) in [5.41, 5.74) is 2.24. The number of hydrogen-bond donors (Lipinski definition) is 1. The molecule has 3 heteroatoms. The average Bonchev–Trinajstić information content (AvgIpc) is 2.34. The van der Waals surface area contributed by atoms with Gasteiger partial charge in [0, 0.05) is 24.2 Å². The quantitative estimate of drug-likeness (QED) is 0.769. The Kier molecular flexibility index (Phi) is 5.04. The Morgan fingerprint density at radius 1 is 1.35 bits per heavy atom. The van der Waals surface area contributed by atoms with Gasteiger partial charge < -0.3 is 14.8 Å². The molecule has 94 valence electrons. The average molecular weight is 235 g/mol. The molecule has 0 bridgehead atoms. The van der Waals surface area contributed by atoms with Gasteiger partial charge in [-0.15, -0.1) is 0 Å². The van der Waals surface area contributed by atoms with E-state index < -0.39 is 0 Å². The Morgan fingerprint density at radius 2 is 2.06 bits per heavy atom. The maximum Gasteiger partial charge on any atom is 0.127 e. The van der Waals surface area contributed by atoms with Gasteiger partial charge in [-0.3, -0.25) is 0 Å². The van der Waals surface area contributed by atoms with Crippen LogP contribution in [0.4, 0.5) is 0 Å². The molecule has 1 rings (SSSR count). The molecule has 0 spiro atoms. The lowest BCUT2D eigenvalue weighted by Gasteiger charge is -2.18. The van der Waals surface area contributed by atoms with Gasteiger partial charge >= 0.3 is 0 Å². The van der Waals surface area contributed by atoms with E-state index in [1.54, 1.807) is 14.2 Å². The highest BCUT2D eigenvalue weighted by atomic mass is 16.5. The molecule has 0 aromatic heterocycles. The molecule has 1 aromatic carbocycles. The fraction of sp³-hybridized carbons (Fsp3) is 0.429. The third-order valence-electron chi connectivity index (χ3n) is 2.62. The molecule has 0 aliphatic carbocycles. The van der Waals surface area contributed by atoms with Gasteiger partial charge in [-0.05, 0) is 19.9 Å². The molecule has 1 N–H and O–H groups in total. The fourth-order valence-electron chi connectivity index (χ4n) is 1.61. The first-order valence-corrected chi connectivity index (χ1v) is 5.68. The van der Waals surface area contributed by atoms with E-state index >= 15 is 0 Å². The van der Waals surface area contributed by atoms with E-state index in [1.165, 1.54) is 0 Å². The molecule has 0 aliphatic rings. The number of rotatable bonds is 6. The van der Waals surface area contributed by atoms with Gasteiger partial charge in [0.05, 0.1) is 14.2 Å². The van der Waals surface area contributed by atoms with Crippen LogP contribution in [0.15, 0.2) is 30.4 Å². The van der Waals surface area contributed by atoms with E-state index in [1.807, 2.05) is 25.1 Å². The molecule has 0 aliphatic heterocycles. The summed E-state index contributed by atoms with van der Waals surface area (Å²) in [5, 5.41) is 3.39.